The fraction of sp³-hybridized carbons (Fsp3) is 0.462. The van der Waals surface area contributed by atoms with Gasteiger partial charge in [-0.25, -0.2) is 0 Å². The molecule has 1 aliphatic heterocycles. The van der Waals surface area contributed by atoms with Gasteiger partial charge in [-0.1, -0.05) is 17.7 Å². The first-order valence-electron chi connectivity index (χ1n) is 6.06. The van der Waals surface area contributed by atoms with E-state index >= 15 is 0 Å². The molecule has 1 fully saturated rings. The standard InChI is InChI=1S/C13H17ClN2O2/c1-9(6-16-13(17)10-7-15-8-10)18-12-4-2-3-11(14)5-12/h2-5,9-10,15H,6-8H2,1H3,(H,16,17). The van der Waals surface area contributed by atoms with Crippen molar-refractivity contribution in [2.45, 2.75) is 13.0 Å². The van der Waals surface area contributed by atoms with Crippen LogP contribution in [0.3, 0.4) is 0 Å². The molecule has 0 bridgehead atoms. The van der Waals surface area contributed by atoms with E-state index in [2.05, 4.69) is 10.6 Å². The molecule has 1 aromatic rings. The average molecular weight is 269 g/mol. The first kappa shape index (κ1) is 13.2. The molecule has 1 amide bonds. The second kappa shape index (κ2) is 6.07. The van der Waals surface area contributed by atoms with Gasteiger partial charge in [0.05, 0.1) is 12.5 Å². The molecule has 0 aliphatic carbocycles. The first-order chi connectivity index (χ1) is 8.65. The molecule has 2 rings (SSSR count). The second-order valence-electron chi connectivity index (χ2n) is 4.49. The summed E-state index contributed by atoms with van der Waals surface area (Å²) in [7, 11) is 0. The van der Waals surface area contributed by atoms with Crippen molar-refractivity contribution in [2.24, 2.45) is 5.92 Å². The Hall–Kier alpha value is -1.26. The zero-order chi connectivity index (χ0) is 13.0. The lowest BCUT2D eigenvalue weighted by atomic mass is 10.0. The van der Waals surface area contributed by atoms with Crippen molar-refractivity contribution in [2.75, 3.05) is 19.6 Å². The third-order valence-corrected chi connectivity index (χ3v) is 3.08. The summed E-state index contributed by atoms with van der Waals surface area (Å²) in [5.74, 6) is 0.924. The van der Waals surface area contributed by atoms with Crippen LogP contribution in [0.1, 0.15) is 6.92 Å². The maximum atomic E-state index is 11.6. The van der Waals surface area contributed by atoms with Crippen LogP contribution in [-0.4, -0.2) is 31.6 Å². The summed E-state index contributed by atoms with van der Waals surface area (Å²) in [4.78, 5) is 11.6. The highest BCUT2D eigenvalue weighted by Crippen LogP contribution is 2.18. The van der Waals surface area contributed by atoms with E-state index in [0.29, 0.717) is 11.6 Å². The number of halogens is 1. The van der Waals surface area contributed by atoms with Crippen molar-refractivity contribution in [3.05, 3.63) is 29.3 Å². The summed E-state index contributed by atoms with van der Waals surface area (Å²) < 4.78 is 5.66. The second-order valence-corrected chi connectivity index (χ2v) is 4.92. The van der Waals surface area contributed by atoms with Crippen molar-refractivity contribution in [1.29, 1.82) is 0 Å². The number of ether oxygens (including phenoxy) is 1. The van der Waals surface area contributed by atoms with Crippen molar-refractivity contribution in [3.63, 3.8) is 0 Å². The Balaban J connectivity index is 1.74. The molecule has 0 saturated carbocycles. The van der Waals surface area contributed by atoms with Crippen molar-refractivity contribution in [1.82, 2.24) is 10.6 Å². The Morgan fingerprint density at radius 1 is 1.61 bits per heavy atom. The fourth-order valence-corrected chi connectivity index (χ4v) is 1.86. The van der Waals surface area contributed by atoms with Crippen LogP contribution in [0.5, 0.6) is 5.75 Å². The maximum Gasteiger partial charge on any atom is 0.225 e. The van der Waals surface area contributed by atoms with Gasteiger partial charge in [0.25, 0.3) is 0 Å². The molecule has 1 atom stereocenters. The minimum Gasteiger partial charge on any atom is -0.489 e. The molecular weight excluding hydrogens is 252 g/mol. The number of amides is 1. The Bertz CT molecular complexity index is 421. The molecule has 0 aromatic heterocycles. The van der Waals surface area contributed by atoms with Crippen LogP contribution in [0.15, 0.2) is 24.3 Å². The van der Waals surface area contributed by atoms with Gasteiger partial charge in [0.15, 0.2) is 0 Å². The highest BCUT2D eigenvalue weighted by Gasteiger charge is 2.24. The predicted molar refractivity (Wildman–Crippen MR) is 70.9 cm³/mol. The lowest BCUT2D eigenvalue weighted by Crippen LogP contribution is -2.51. The summed E-state index contributed by atoms with van der Waals surface area (Å²) >= 11 is 5.87. The number of hydrogen-bond acceptors (Lipinski definition) is 3. The van der Waals surface area contributed by atoms with Gasteiger partial charge in [0.1, 0.15) is 11.9 Å². The predicted octanol–water partition coefficient (Wildman–Crippen LogP) is 1.44. The Kier molecular flexibility index (Phi) is 4.44. The van der Waals surface area contributed by atoms with Crippen molar-refractivity contribution >= 4 is 17.5 Å². The number of nitrogens with one attached hydrogen (secondary N) is 2. The van der Waals surface area contributed by atoms with E-state index in [0.717, 1.165) is 18.8 Å². The van der Waals surface area contributed by atoms with Gasteiger partial charge in [-0.3, -0.25) is 4.79 Å². The average Bonchev–Trinajstić information content (AvgIpc) is 2.24. The zero-order valence-corrected chi connectivity index (χ0v) is 11.0. The maximum absolute atomic E-state index is 11.6. The van der Waals surface area contributed by atoms with E-state index in [4.69, 9.17) is 16.3 Å². The van der Waals surface area contributed by atoms with Gasteiger partial charge in [0.2, 0.25) is 5.91 Å². The summed E-state index contributed by atoms with van der Waals surface area (Å²) in [6.45, 7) is 3.97. The fourth-order valence-electron chi connectivity index (χ4n) is 1.68. The molecular formula is C13H17ClN2O2. The molecule has 1 heterocycles. The third kappa shape index (κ3) is 3.62. The highest BCUT2D eigenvalue weighted by atomic mass is 35.5. The monoisotopic (exact) mass is 268 g/mol. The topological polar surface area (TPSA) is 50.4 Å². The quantitative estimate of drug-likeness (QED) is 0.850. The largest absolute Gasteiger partial charge is 0.489 e. The third-order valence-electron chi connectivity index (χ3n) is 2.85. The number of hydrogen-bond donors (Lipinski definition) is 2. The normalized spacial score (nSPS) is 16.8. The van der Waals surface area contributed by atoms with Crippen LogP contribution in [0.25, 0.3) is 0 Å². The minimum absolute atomic E-state index is 0.0829. The molecule has 4 nitrogen and oxygen atoms in total. The molecule has 1 unspecified atom stereocenters. The van der Waals surface area contributed by atoms with Gasteiger partial charge in [0, 0.05) is 18.1 Å². The first-order valence-corrected chi connectivity index (χ1v) is 6.43. The summed E-state index contributed by atoms with van der Waals surface area (Å²) in [5, 5.41) is 6.59. The van der Waals surface area contributed by atoms with Gasteiger partial charge < -0.3 is 15.4 Å². The van der Waals surface area contributed by atoms with Crippen molar-refractivity contribution < 1.29 is 9.53 Å². The van der Waals surface area contributed by atoms with Crippen LogP contribution in [0.4, 0.5) is 0 Å². The molecule has 1 aromatic carbocycles. The molecule has 5 heteroatoms. The van der Waals surface area contributed by atoms with Gasteiger partial charge in [-0.2, -0.15) is 0 Å². The van der Waals surface area contributed by atoms with Crippen LogP contribution >= 0.6 is 11.6 Å². The van der Waals surface area contributed by atoms with Crippen LogP contribution in [0, 0.1) is 5.92 Å². The summed E-state index contributed by atoms with van der Waals surface area (Å²) in [6, 6.07) is 7.24. The summed E-state index contributed by atoms with van der Waals surface area (Å²) in [5.41, 5.74) is 0. The molecule has 2 N–H and O–H groups in total. The zero-order valence-electron chi connectivity index (χ0n) is 10.3. The van der Waals surface area contributed by atoms with Crippen molar-refractivity contribution in [3.8, 4) is 5.75 Å². The van der Waals surface area contributed by atoms with Gasteiger partial charge in [-0.05, 0) is 25.1 Å². The lowest BCUT2D eigenvalue weighted by molar-refractivity contribution is -0.126. The Morgan fingerprint density at radius 3 is 3.00 bits per heavy atom. The van der Waals surface area contributed by atoms with E-state index < -0.39 is 0 Å². The van der Waals surface area contributed by atoms with Gasteiger partial charge >= 0.3 is 0 Å². The highest BCUT2D eigenvalue weighted by molar-refractivity contribution is 6.30. The van der Waals surface area contributed by atoms with E-state index in [1.54, 1.807) is 12.1 Å². The smallest absolute Gasteiger partial charge is 0.225 e. The minimum atomic E-state index is -0.0829. The summed E-state index contributed by atoms with van der Waals surface area (Å²) in [6.07, 6.45) is -0.0829. The molecule has 1 saturated heterocycles. The van der Waals surface area contributed by atoms with E-state index in [9.17, 15) is 4.79 Å². The Labute approximate surface area is 112 Å². The molecule has 0 spiro atoms. The molecule has 1 aliphatic rings. The number of carbonyl (C=O) groups excluding carboxylic acids is 1. The van der Waals surface area contributed by atoms with Crippen LogP contribution in [-0.2, 0) is 4.79 Å². The number of rotatable bonds is 5. The SMILES string of the molecule is CC(CNC(=O)C1CNC1)Oc1cccc(Cl)c1. The number of benzene rings is 1. The lowest BCUT2D eigenvalue weighted by Gasteiger charge is -2.26. The van der Waals surface area contributed by atoms with E-state index in [1.165, 1.54) is 0 Å². The van der Waals surface area contributed by atoms with E-state index in [1.807, 2.05) is 19.1 Å². The van der Waals surface area contributed by atoms with Crippen LogP contribution in [0.2, 0.25) is 5.02 Å². The van der Waals surface area contributed by atoms with Gasteiger partial charge in [-0.15, -0.1) is 0 Å². The molecule has 0 radical (unpaired) electrons. The Morgan fingerprint density at radius 2 is 2.39 bits per heavy atom. The molecule has 18 heavy (non-hydrogen) atoms. The van der Waals surface area contributed by atoms with Crippen LogP contribution < -0.4 is 15.4 Å². The number of carbonyl (C=O) groups is 1. The van der Waals surface area contributed by atoms with E-state index in [-0.39, 0.29) is 17.9 Å². The molecule has 98 valence electrons.